The minimum absolute atomic E-state index is 0.543. The summed E-state index contributed by atoms with van der Waals surface area (Å²) in [5.74, 6) is 1.15. The van der Waals surface area contributed by atoms with Crippen LogP contribution in [-0.2, 0) is 0 Å². The number of nitrogens with zero attached hydrogens (tertiary/aromatic N) is 4. The molecule has 0 saturated carbocycles. The third-order valence-electron chi connectivity index (χ3n) is 11.1. The maximum atomic E-state index is 5.46. The molecule has 0 aliphatic rings. The van der Waals surface area contributed by atoms with Crippen LogP contribution in [-0.4, -0.2) is 21.5 Å². The number of aryl methyl sites for hydroxylation is 1. The van der Waals surface area contributed by atoms with Crippen LogP contribution in [0.4, 0.5) is 0 Å². The first-order chi connectivity index (χ1) is 29.9. The normalized spacial score (nSPS) is 11.8. The number of aromatic nitrogens is 2. The third-order valence-corrected chi connectivity index (χ3v) is 11.1. The molecule has 0 radical (unpaired) electrons. The van der Waals surface area contributed by atoms with Gasteiger partial charge in [0.05, 0.1) is 17.1 Å². The molecule has 0 unspecified atom stereocenters. The first-order valence-corrected chi connectivity index (χ1v) is 20.6. The molecule has 0 N–H and O–H groups in total. The van der Waals surface area contributed by atoms with Crippen LogP contribution in [0.5, 0.6) is 0 Å². The monoisotopic (exact) mass is 784 g/mol. The number of fused-ring (bicyclic) bond motifs is 1. The highest BCUT2D eigenvalue weighted by Gasteiger charge is 2.20. The SMILES string of the molecule is C=C(N=C(N=C(C)c1ccccc1)c1cc(-c2ccc3ccccc3c2)cc(-c2nc(-c3cccc(-c4ccccc4)c3)c(C)c(-c3ccccc3C)n2)c1)c1ccccc1. The smallest absolute Gasteiger partial charge is 0.160 e. The number of amidine groups is 1. The molecule has 0 aliphatic heterocycles. The van der Waals surface area contributed by atoms with E-state index in [2.05, 4.69) is 166 Å². The van der Waals surface area contributed by atoms with Gasteiger partial charge < -0.3 is 0 Å². The van der Waals surface area contributed by atoms with Crippen molar-refractivity contribution in [3.63, 3.8) is 0 Å². The Hall–Kier alpha value is -7.82. The summed E-state index contributed by atoms with van der Waals surface area (Å²) >= 11 is 0. The second kappa shape index (κ2) is 17.2. The zero-order valence-electron chi connectivity index (χ0n) is 34.5. The minimum Gasteiger partial charge on any atom is -0.233 e. The van der Waals surface area contributed by atoms with Gasteiger partial charge >= 0.3 is 0 Å². The van der Waals surface area contributed by atoms with Gasteiger partial charge in [0, 0.05) is 33.5 Å². The molecule has 0 bridgehead atoms. The Morgan fingerprint density at radius 3 is 1.75 bits per heavy atom. The Kier molecular flexibility index (Phi) is 10.9. The number of hydrogen-bond acceptors (Lipinski definition) is 3. The van der Waals surface area contributed by atoms with E-state index in [1.54, 1.807) is 0 Å². The molecule has 4 heteroatoms. The van der Waals surface area contributed by atoms with Gasteiger partial charge in [-0.1, -0.05) is 176 Å². The van der Waals surface area contributed by atoms with E-state index >= 15 is 0 Å². The molecular formula is C57H44N4. The Morgan fingerprint density at radius 1 is 0.426 bits per heavy atom. The molecule has 8 aromatic carbocycles. The van der Waals surface area contributed by atoms with Crippen LogP contribution in [0.1, 0.15) is 34.7 Å². The largest absolute Gasteiger partial charge is 0.233 e. The lowest BCUT2D eigenvalue weighted by molar-refractivity contribution is 1.14. The van der Waals surface area contributed by atoms with Crippen LogP contribution in [0.15, 0.2) is 217 Å². The summed E-state index contributed by atoms with van der Waals surface area (Å²) in [6.07, 6.45) is 0. The second-order valence-electron chi connectivity index (χ2n) is 15.3. The summed E-state index contributed by atoms with van der Waals surface area (Å²) < 4.78 is 0. The summed E-state index contributed by atoms with van der Waals surface area (Å²) in [6.45, 7) is 10.7. The molecule has 0 fully saturated rings. The van der Waals surface area contributed by atoms with Gasteiger partial charge in [-0.25, -0.2) is 20.0 Å². The van der Waals surface area contributed by atoms with E-state index in [-0.39, 0.29) is 0 Å². The van der Waals surface area contributed by atoms with Gasteiger partial charge in [0.1, 0.15) is 0 Å². The van der Waals surface area contributed by atoms with E-state index in [4.69, 9.17) is 20.0 Å². The highest BCUT2D eigenvalue weighted by Crippen LogP contribution is 2.37. The van der Waals surface area contributed by atoms with E-state index in [9.17, 15) is 0 Å². The van der Waals surface area contributed by atoms with Gasteiger partial charge in [0.25, 0.3) is 0 Å². The van der Waals surface area contributed by atoms with Crippen molar-refractivity contribution >= 4 is 28.0 Å². The van der Waals surface area contributed by atoms with Gasteiger partial charge in [0.2, 0.25) is 0 Å². The Bertz CT molecular complexity index is 3110. The standard InChI is InChI=1S/C57H44N4/c1-38-19-14-17-30-53(38)55-39(2)54(49-29-18-28-47(34-49)44-24-12-7-13-25-44)60-57(61-55)52-36-50(48-32-31-45-26-15-16-27-46(45)33-48)35-51(37-52)56(58-40(3)42-20-8-5-9-21-42)59-41(4)43-22-10-6-11-23-43/h5-37H,3H2,1-2,4H3. The lowest BCUT2D eigenvalue weighted by Gasteiger charge is -2.17. The van der Waals surface area contributed by atoms with Crippen molar-refractivity contribution in [1.82, 2.24) is 9.97 Å². The lowest BCUT2D eigenvalue weighted by Crippen LogP contribution is -2.06. The van der Waals surface area contributed by atoms with Crippen molar-refractivity contribution in [2.24, 2.45) is 9.98 Å². The number of aliphatic imine (C=N–C) groups is 2. The molecule has 0 amide bonds. The molecule has 4 nitrogen and oxygen atoms in total. The molecule has 1 aromatic heterocycles. The summed E-state index contributed by atoms with van der Waals surface area (Å²) in [7, 11) is 0. The second-order valence-corrected chi connectivity index (χ2v) is 15.3. The zero-order chi connectivity index (χ0) is 41.7. The predicted molar refractivity (Wildman–Crippen MR) is 257 cm³/mol. The molecular weight excluding hydrogens is 741 g/mol. The van der Waals surface area contributed by atoms with Crippen molar-refractivity contribution in [3.8, 4) is 56.2 Å². The topological polar surface area (TPSA) is 50.5 Å². The van der Waals surface area contributed by atoms with Gasteiger partial charge in [-0.15, -0.1) is 0 Å². The fourth-order valence-corrected chi connectivity index (χ4v) is 7.81. The lowest BCUT2D eigenvalue weighted by atomic mass is 9.94. The van der Waals surface area contributed by atoms with Crippen LogP contribution in [0.25, 0.3) is 72.6 Å². The Balaban J connectivity index is 1.30. The first-order valence-electron chi connectivity index (χ1n) is 20.6. The molecule has 0 saturated heterocycles. The van der Waals surface area contributed by atoms with Crippen molar-refractivity contribution in [3.05, 3.63) is 235 Å². The summed E-state index contributed by atoms with van der Waals surface area (Å²) in [5, 5.41) is 2.34. The molecule has 1 heterocycles. The van der Waals surface area contributed by atoms with Gasteiger partial charge in [-0.2, -0.15) is 0 Å². The van der Waals surface area contributed by atoms with Gasteiger partial charge in [0.15, 0.2) is 11.7 Å². The number of hydrogen-bond donors (Lipinski definition) is 0. The predicted octanol–water partition coefficient (Wildman–Crippen LogP) is 14.5. The maximum Gasteiger partial charge on any atom is 0.160 e. The summed E-state index contributed by atoms with van der Waals surface area (Å²) in [5.41, 5.74) is 15.4. The van der Waals surface area contributed by atoms with E-state index < -0.39 is 0 Å². The number of rotatable bonds is 9. The number of benzene rings is 8. The molecule has 0 aliphatic carbocycles. The van der Waals surface area contributed by atoms with Crippen LogP contribution in [0.2, 0.25) is 0 Å². The highest BCUT2D eigenvalue weighted by molar-refractivity contribution is 6.13. The van der Waals surface area contributed by atoms with Crippen LogP contribution in [0, 0.1) is 13.8 Å². The molecule has 61 heavy (non-hydrogen) atoms. The third kappa shape index (κ3) is 8.38. The minimum atomic E-state index is 0.543. The molecule has 292 valence electrons. The summed E-state index contributed by atoms with van der Waals surface area (Å²) in [6, 6.07) is 69.4. The summed E-state index contributed by atoms with van der Waals surface area (Å²) in [4.78, 5) is 21.4. The van der Waals surface area contributed by atoms with Crippen molar-refractivity contribution in [2.45, 2.75) is 20.8 Å². The maximum absolute atomic E-state index is 5.46. The fourth-order valence-electron chi connectivity index (χ4n) is 7.81. The average Bonchev–Trinajstić information content (AvgIpc) is 3.32. The van der Waals surface area contributed by atoms with Crippen molar-refractivity contribution in [1.29, 1.82) is 0 Å². The molecule has 9 rings (SSSR count). The van der Waals surface area contributed by atoms with E-state index in [0.717, 1.165) is 89.2 Å². The van der Waals surface area contributed by atoms with Gasteiger partial charge in [-0.3, -0.25) is 0 Å². The van der Waals surface area contributed by atoms with E-state index in [1.807, 2.05) is 61.5 Å². The van der Waals surface area contributed by atoms with Crippen molar-refractivity contribution in [2.75, 3.05) is 0 Å². The fraction of sp³-hybridized carbons (Fsp3) is 0.0526. The quantitative estimate of drug-likeness (QED) is 0.108. The average molecular weight is 785 g/mol. The van der Waals surface area contributed by atoms with Crippen LogP contribution < -0.4 is 0 Å². The zero-order valence-corrected chi connectivity index (χ0v) is 34.5. The first kappa shape index (κ1) is 38.7. The molecule has 0 spiro atoms. The molecule has 9 aromatic rings. The van der Waals surface area contributed by atoms with Crippen LogP contribution in [0.3, 0.4) is 0 Å². The highest BCUT2D eigenvalue weighted by atomic mass is 14.9. The Labute approximate surface area is 358 Å². The van der Waals surface area contributed by atoms with Crippen LogP contribution >= 0.6 is 0 Å². The van der Waals surface area contributed by atoms with E-state index in [1.165, 1.54) is 5.39 Å². The molecule has 0 atom stereocenters. The van der Waals surface area contributed by atoms with E-state index in [0.29, 0.717) is 17.4 Å². The van der Waals surface area contributed by atoms with Gasteiger partial charge in [-0.05, 0) is 101 Å². The van der Waals surface area contributed by atoms with Crippen molar-refractivity contribution < 1.29 is 0 Å². The Morgan fingerprint density at radius 2 is 1.00 bits per heavy atom.